The summed E-state index contributed by atoms with van der Waals surface area (Å²) in [5, 5.41) is 14.2. The number of aromatic nitrogens is 2. The Kier molecular flexibility index (Phi) is 4.11. The van der Waals surface area contributed by atoms with E-state index in [1.165, 1.54) is 17.4 Å². The highest BCUT2D eigenvalue weighted by atomic mass is 32.1. The van der Waals surface area contributed by atoms with Crippen LogP contribution in [0.3, 0.4) is 0 Å². The van der Waals surface area contributed by atoms with Crippen molar-refractivity contribution in [3.63, 3.8) is 0 Å². The largest absolute Gasteiger partial charge is 0.477 e. The lowest BCUT2D eigenvalue weighted by molar-refractivity contribution is 0.0690. The van der Waals surface area contributed by atoms with Crippen LogP contribution in [0.15, 0.2) is 23.6 Å². The lowest BCUT2D eigenvalue weighted by Gasteiger charge is -2.13. The maximum Gasteiger partial charge on any atom is 0.354 e. The highest BCUT2D eigenvalue weighted by Gasteiger charge is 2.13. The van der Waals surface area contributed by atoms with E-state index in [2.05, 4.69) is 22.2 Å². The number of thiophene rings is 1. The van der Waals surface area contributed by atoms with Crippen LogP contribution in [0, 0.1) is 0 Å². The Bertz CT molecular complexity index is 569. The highest BCUT2D eigenvalue weighted by Crippen LogP contribution is 2.23. The van der Waals surface area contributed by atoms with Gasteiger partial charge in [0.05, 0.1) is 4.88 Å². The van der Waals surface area contributed by atoms with Crippen molar-refractivity contribution >= 4 is 23.1 Å². The number of carbonyl (C=O) groups is 1. The zero-order chi connectivity index (χ0) is 13.8. The summed E-state index contributed by atoms with van der Waals surface area (Å²) in [5.41, 5.74) is 0.00389. The topological polar surface area (TPSA) is 75.1 Å². The van der Waals surface area contributed by atoms with Crippen LogP contribution in [-0.2, 0) is 0 Å². The minimum absolute atomic E-state index is 0.00389. The van der Waals surface area contributed by atoms with Crippen molar-refractivity contribution in [2.75, 3.05) is 5.32 Å². The van der Waals surface area contributed by atoms with E-state index in [-0.39, 0.29) is 11.7 Å². The van der Waals surface area contributed by atoms with E-state index in [4.69, 9.17) is 5.11 Å². The fraction of sp³-hybridized carbons (Fsp3) is 0.308. The molecule has 5 nitrogen and oxygen atoms in total. The molecule has 0 saturated heterocycles. The second-order valence-electron chi connectivity index (χ2n) is 4.20. The number of carboxylic acids is 1. The first-order chi connectivity index (χ1) is 9.10. The summed E-state index contributed by atoms with van der Waals surface area (Å²) < 4.78 is 0. The standard InChI is InChI=1S/C13H15N3O2S/c1-3-8(2)14-11-7-9(13(17)18)15-12(16-11)10-5-4-6-19-10/h4-8H,3H2,1-2H3,(H,17,18)(H,14,15,16). The summed E-state index contributed by atoms with van der Waals surface area (Å²) >= 11 is 1.48. The van der Waals surface area contributed by atoms with Gasteiger partial charge >= 0.3 is 5.97 Å². The van der Waals surface area contributed by atoms with E-state index in [9.17, 15) is 4.79 Å². The molecule has 0 aliphatic rings. The van der Waals surface area contributed by atoms with Gasteiger partial charge in [-0.3, -0.25) is 0 Å². The number of aromatic carboxylic acids is 1. The SMILES string of the molecule is CCC(C)Nc1cc(C(=O)O)nc(-c2cccs2)n1. The van der Waals surface area contributed by atoms with Gasteiger partial charge in [0.2, 0.25) is 0 Å². The molecule has 0 radical (unpaired) electrons. The number of nitrogens with zero attached hydrogens (tertiary/aromatic N) is 2. The van der Waals surface area contributed by atoms with Gasteiger partial charge in [-0.15, -0.1) is 11.3 Å². The summed E-state index contributed by atoms with van der Waals surface area (Å²) in [6.45, 7) is 4.07. The number of anilines is 1. The molecule has 0 amide bonds. The molecule has 0 fully saturated rings. The van der Waals surface area contributed by atoms with Crippen LogP contribution in [0.5, 0.6) is 0 Å². The summed E-state index contributed by atoms with van der Waals surface area (Å²) in [7, 11) is 0. The first kappa shape index (κ1) is 13.5. The Balaban J connectivity index is 2.41. The van der Waals surface area contributed by atoms with Gasteiger partial charge in [0.1, 0.15) is 5.82 Å². The van der Waals surface area contributed by atoms with E-state index in [1.807, 2.05) is 24.4 Å². The lowest BCUT2D eigenvalue weighted by Crippen LogP contribution is -2.16. The van der Waals surface area contributed by atoms with Crippen LogP contribution in [0.25, 0.3) is 10.7 Å². The smallest absolute Gasteiger partial charge is 0.354 e. The first-order valence-corrected chi connectivity index (χ1v) is 6.91. The van der Waals surface area contributed by atoms with Gasteiger partial charge in [0.15, 0.2) is 11.5 Å². The monoisotopic (exact) mass is 277 g/mol. The van der Waals surface area contributed by atoms with Gasteiger partial charge in [0, 0.05) is 12.1 Å². The third kappa shape index (κ3) is 3.29. The molecule has 0 aliphatic carbocycles. The molecular formula is C13H15N3O2S. The van der Waals surface area contributed by atoms with E-state index in [0.29, 0.717) is 11.6 Å². The average Bonchev–Trinajstić information content (AvgIpc) is 2.92. The van der Waals surface area contributed by atoms with Crippen LogP contribution in [0.2, 0.25) is 0 Å². The third-order valence-corrected chi connectivity index (χ3v) is 3.56. The summed E-state index contributed by atoms with van der Waals surface area (Å²) in [6, 6.07) is 5.45. The fourth-order valence-corrected chi connectivity index (χ4v) is 2.16. The minimum Gasteiger partial charge on any atom is -0.477 e. The predicted molar refractivity (Wildman–Crippen MR) is 75.7 cm³/mol. The maximum absolute atomic E-state index is 11.1. The van der Waals surface area contributed by atoms with Crippen molar-refractivity contribution in [3.8, 4) is 10.7 Å². The van der Waals surface area contributed by atoms with Crippen LogP contribution < -0.4 is 5.32 Å². The van der Waals surface area contributed by atoms with Crippen molar-refractivity contribution in [1.82, 2.24) is 9.97 Å². The number of hydrogen-bond acceptors (Lipinski definition) is 5. The molecule has 0 aromatic carbocycles. The number of hydrogen-bond donors (Lipinski definition) is 2. The van der Waals surface area contributed by atoms with E-state index in [1.54, 1.807) is 0 Å². The van der Waals surface area contributed by atoms with Crippen LogP contribution in [0.4, 0.5) is 5.82 Å². The van der Waals surface area contributed by atoms with Crippen LogP contribution in [0.1, 0.15) is 30.8 Å². The molecule has 6 heteroatoms. The quantitative estimate of drug-likeness (QED) is 0.878. The van der Waals surface area contributed by atoms with Crippen LogP contribution in [-0.4, -0.2) is 27.1 Å². The second kappa shape index (κ2) is 5.79. The normalized spacial score (nSPS) is 12.1. The minimum atomic E-state index is -1.05. The van der Waals surface area contributed by atoms with Crippen molar-refractivity contribution in [2.45, 2.75) is 26.3 Å². The van der Waals surface area contributed by atoms with Gasteiger partial charge in [-0.2, -0.15) is 0 Å². The predicted octanol–water partition coefficient (Wildman–Crippen LogP) is 3.11. The Labute approximate surface area is 115 Å². The molecule has 0 aliphatic heterocycles. The van der Waals surface area contributed by atoms with Crippen molar-refractivity contribution in [2.24, 2.45) is 0 Å². The van der Waals surface area contributed by atoms with Gasteiger partial charge in [-0.1, -0.05) is 13.0 Å². The van der Waals surface area contributed by atoms with Crippen molar-refractivity contribution in [3.05, 3.63) is 29.3 Å². The summed E-state index contributed by atoms with van der Waals surface area (Å²) in [6.07, 6.45) is 0.931. The average molecular weight is 277 g/mol. The number of rotatable bonds is 5. The van der Waals surface area contributed by atoms with Crippen molar-refractivity contribution in [1.29, 1.82) is 0 Å². The molecule has 2 N–H and O–H groups in total. The van der Waals surface area contributed by atoms with Gasteiger partial charge in [-0.25, -0.2) is 14.8 Å². The molecule has 2 heterocycles. The molecule has 2 rings (SSSR count). The molecule has 100 valence electrons. The Morgan fingerprint density at radius 2 is 2.32 bits per heavy atom. The molecule has 2 aromatic heterocycles. The molecule has 1 atom stereocenters. The van der Waals surface area contributed by atoms with Gasteiger partial charge in [-0.05, 0) is 24.8 Å². The Hall–Kier alpha value is -1.95. The zero-order valence-corrected chi connectivity index (χ0v) is 11.6. The molecule has 0 spiro atoms. The maximum atomic E-state index is 11.1. The van der Waals surface area contributed by atoms with Gasteiger partial charge in [0.25, 0.3) is 0 Å². The molecule has 2 aromatic rings. The number of nitrogens with one attached hydrogen (secondary N) is 1. The fourth-order valence-electron chi connectivity index (χ4n) is 1.50. The molecule has 1 unspecified atom stereocenters. The zero-order valence-electron chi connectivity index (χ0n) is 10.8. The molecule has 19 heavy (non-hydrogen) atoms. The second-order valence-corrected chi connectivity index (χ2v) is 5.15. The molecular weight excluding hydrogens is 262 g/mol. The van der Waals surface area contributed by atoms with Crippen molar-refractivity contribution < 1.29 is 9.90 Å². The highest BCUT2D eigenvalue weighted by molar-refractivity contribution is 7.13. The summed E-state index contributed by atoms with van der Waals surface area (Å²) in [5.74, 6) is -0.0572. The Morgan fingerprint density at radius 1 is 1.53 bits per heavy atom. The third-order valence-electron chi connectivity index (χ3n) is 2.69. The first-order valence-electron chi connectivity index (χ1n) is 6.03. The summed E-state index contributed by atoms with van der Waals surface area (Å²) in [4.78, 5) is 20.4. The lowest BCUT2D eigenvalue weighted by atomic mass is 10.2. The Morgan fingerprint density at radius 3 is 2.89 bits per heavy atom. The van der Waals surface area contributed by atoms with E-state index in [0.717, 1.165) is 11.3 Å². The van der Waals surface area contributed by atoms with Gasteiger partial charge < -0.3 is 10.4 Å². The number of carboxylic acid groups (broad SMARTS) is 1. The van der Waals surface area contributed by atoms with E-state index >= 15 is 0 Å². The molecule has 0 bridgehead atoms. The van der Waals surface area contributed by atoms with E-state index < -0.39 is 5.97 Å². The molecule has 0 saturated carbocycles. The van der Waals surface area contributed by atoms with Crippen LogP contribution >= 0.6 is 11.3 Å².